The molecule has 1 saturated heterocycles. The van der Waals surface area contributed by atoms with Crippen LogP contribution >= 0.6 is 0 Å². The van der Waals surface area contributed by atoms with Crippen LogP contribution in [0.1, 0.15) is 30.4 Å². The van der Waals surface area contributed by atoms with Crippen LogP contribution in [0.3, 0.4) is 0 Å². The molecule has 3 rings (SSSR count). The van der Waals surface area contributed by atoms with Crippen LogP contribution in [0.25, 0.3) is 0 Å². The van der Waals surface area contributed by atoms with Gasteiger partial charge in [0.1, 0.15) is 0 Å². The van der Waals surface area contributed by atoms with E-state index in [-0.39, 0.29) is 5.91 Å². The summed E-state index contributed by atoms with van der Waals surface area (Å²) in [6.45, 7) is 2.35. The Hall–Kier alpha value is -1.56. The molecule has 0 atom stereocenters. The highest BCUT2D eigenvalue weighted by atomic mass is 19.4. The molecule has 0 spiro atoms. The summed E-state index contributed by atoms with van der Waals surface area (Å²) in [6.07, 6.45) is -1.38. The number of anilines is 1. The lowest BCUT2D eigenvalue weighted by atomic mass is 9.94. The third kappa shape index (κ3) is 3.11. The summed E-state index contributed by atoms with van der Waals surface area (Å²) in [7, 11) is 0. The van der Waals surface area contributed by atoms with E-state index in [9.17, 15) is 18.0 Å². The van der Waals surface area contributed by atoms with Crippen LogP contribution in [-0.4, -0.2) is 25.5 Å². The van der Waals surface area contributed by atoms with Gasteiger partial charge in [-0.15, -0.1) is 0 Å². The second-order valence-electron chi connectivity index (χ2n) is 6.03. The third-order valence-corrected chi connectivity index (χ3v) is 4.53. The first-order chi connectivity index (χ1) is 10.4. The number of halogens is 3. The second kappa shape index (κ2) is 5.91. The first-order valence-corrected chi connectivity index (χ1v) is 7.66. The van der Waals surface area contributed by atoms with Crippen molar-refractivity contribution in [3.8, 4) is 0 Å². The Bertz CT molecular complexity index is 565. The smallest absolute Gasteiger partial charge is 0.317 e. The number of alkyl halides is 3. The average molecular weight is 312 g/mol. The number of nitrogens with zero attached hydrogens (tertiary/aromatic N) is 1. The second-order valence-corrected chi connectivity index (χ2v) is 6.03. The molecule has 120 valence electrons. The maximum absolute atomic E-state index is 12.7. The van der Waals surface area contributed by atoms with Crippen LogP contribution in [0.2, 0.25) is 0 Å². The number of fused-ring (bicyclic) bond motifs is 1. The van der Waals surface area contributed by atoms with Crippen LogP contribution in [0.4, 0.5) is 18.9 Å². The molecule has 0 aliphatic carbocycles. The highest BCUT2D eigenvalue weighted by Crippen LogP contribution is 2.36. The predicted octanol–water partition coefficient (Wildman–Crippen LogP) is 2.98. The number of piperidine rings is 1. The number of carbonyl (C=O) groups excluding carboxylic acids is 1. The van der Waals surface area contributed by atoms with Crippen molar-refractivity contribution < 1.29 is 18.0 Å². The molecule has 1 amide bonds. The van der Waals surface area contributed by atoms with Gasteiger partial charge in [0.15, 0.2) is 0 Å². The number of nitrogens with one attached hydrogen (secondary N) is 1. The topological polar surface area (TPSA) is 32.3 Å². The SMILES string of the molecule is O=C(CC1CCNCC1)N1CCc2cc(C(F)(F)F)ccc21. The van der Waals surface area contributed by atoms with Gasteiger partial charge in [-0.2, -0.15) is 13.2 Å². The quantitative estimate of drug-likeness (QED) is 0.910. The molecule has 2 aliphatic heterocycles. The van der Waals surface area contributed by atoms with Gasteiger partial charge in [0.05, 0.1) is 5.56 Å². The van der Waals surface area contributed by atoms with E-state index in [1.807, 2.05) is 0 Å². The van der Waals surface area contributed by atoms with E-state index in [1.165, 1.54) is 12.1 Å². The zero-order valence-corrected chi connectivity index (χ0v) is 12.2. The van der Waals surface area contributed by atoms with Gasteiger partial charge in [-0.3, -0.25) is 4.79 Å². The van der Waals surface area contributed by atoms with E-state index in [0.717, 1.165) is 32.0 Å². The summed E-state index contributed by atoms with van der Waals surface area (Å²) < 4.78 is 38.2. The molecule has 0 radical (unpaired) electrons. The van der Waals surface area contributed by atoms with Crippen molar-refractivity contribution in [1.29, 1.82) is 0 Å². The largest absolute Gasteiger partial charge is 0.416 e. The lowest BCUT2D eigenvalue weighted by Gasteiger charge is -2.25. The average Bonchev–Trinajstić information content (AvgIpc) is 2.90. The van der Waals surface area contributed by atoms with Crippen molar-refractivity contribution in [2.24, 2.45) is 5.92 Å². The molecule has 2 heterocycles. The third-order valence-electron chi connectivity index (χ3n) is 4.53. The highest BCUT2D eigenvalue weighted by molar-refractivity contribution is 5.95. The predicted molar refractivity (Wildman–Crippen MR) is 77.7 cm³/mol. The fourth-order valence-corrected chi connectivity index (χ4v) is 3.28. The number of amides is 1. The van der Waals surface area contributed by atoms with Crippen molar-refractivity contribution in [2.75, 3.05) is 24.5 Å². The Morgan fingerprint density at radius 3 is 2.68 bits per heavy atom. The van der Waals surface area contributed by atoms with Crippen molar-refractivity contribution in [3.05, 3.63) is 29.3 Å². The Morgan fingerprint density at radius 2 is 2.00 bits per heavy atom. The lowest BCUT2D eigenvalue weighted by Crippen LogP contribution is -2.34. The molecule has 3 nitrogen and oxygen atoms in total. The van der Waals surface area contributed by atoms with Crippen LogP contribution in [0.5, 0.6) is 0 Å². The van der Waals surface area contributed by atoms with Gasteiger partial charge < -0.3 is 10.2 Å². The summed E-state index contributed by atoms with van der Waals surface area (Å²) >= 11 is 0. The highest BCUT2D eigenvalue weighted by Gasteiger charge is 2.33. The molecule has 0 aromatic heterocycles. The maximum Gasteiger partial charge on any atom is 0.416 e. The van der Waals surface area contributed by atoms with E-state index < -0.39 is 11.7 Å². The number of benzene rings is 1. The molecule has 0 saturated carbocycles. The first-order valence-electron chi connectivity index (χ1n) is 7.66. The van der Waals surface area contributed by atoms with Gasteiger partial charge in [0.2, 0.25) is 5.91 Å². The van der Waals surface area contributed by atoms with Gasteiger partial charge >= 0.3 is 6.18 Å². The van der Waals surface area contributed by atoms with Crippen molar-refractivity contribution >= 4 is 11.6 Å². The van der Waals surface area contributed by atoms with E-state index >= 15 is 0 Å². The minimum atomic E-state index is -4.33. The molecule has 0 bridgehead atoms. The Morgan fingerprint density at radius 1 is 1.27 bits per heavy atom. The molecule has 2 aliphatic rings. The minimum Gasteiger partial charge on any atom is -0.317 e. The van der Waals surface area contributed by atoms with Crippen molar-refractivity contribution in [2.45, 2.75) is 31.9 Å². The lowest BCUT2D eigenvalue weighted by molar-refractivity contribution is -0.137. The molecule has 0 unspecified atom stereocenters. The fraction of sp³-hybridized carbons (Fsp3) is 0.562. The van der Waals surface area contributed by atoms with E-state index in [4.69, 9.17) is 0 Å². The Kier molecular flexibility index (Phi) is 4.12. The molecule has 1 aromatic rings. The van der Waals surface area contributed by atoms with Crippen LogP contribution < -0.4 is 10.2 Å². The number of carbonyl (C=O) groups is 1. The summed E-state index contributed by atoms with van der Waals surface area (Å²) in [5.41, 5.74) is 0.624. The zero-order chi connectivity index (χ0) is 15.7. The molecule has 1 N–H and O–H groups in total. The normalized spacial score (nSPS) is 19.3. The minimum absolute atomic E-state index is 0.0328. The summed E-state index contributed by atoms with van der Waals surface area (Å²) in [5, 5.41) is 3.26. The first kappa shape index (κ1) is 15.3. The van der Waals surface area contributed by atoms with Gasteiger partial charge in [-0.1, -0.05) is 0 Å². The van der Waals surface area contributed by atoms with E-state index in [2.05, 4.69) is 5.32 Å². The van der Waals surface area contributed by atoms with Gasteiger partial charge in [0, 0.05) is 18.7 Å². The molecule has 6 heteroatoms. The van der Waals surface area contributed by atoms with Crippen LogP contribution in [0, 0.1) is 5.92 Å². The standard InChI is InChI=1S/C16H19F3N2O/c17-16(18,19)13-1-2-14-12(10-13)5-8-21(14)15(22)9-11-3-6-20-7-4-11/h1-2,10-11,20H,3-9H2. The van der Waals surface area contributed by atoms with Crippen molar-refractivity contribution in [1.82, 2.24) is 5.32 Å². The Balaban J connectivity index is 1.72. The number of hydrogen-bond acceptors (Lipinski definition) is 2. The monoisotopic (exact) mass is 312 g/mol. The zero-order valence-electron chi connectivity index (χ0n) is 12.2. The van der Waals surface area contributed by atoms with E-state index in [1.54, 1.807) is 4.90 Å². The molecule has 1 aromatic carbocycles. The summed E-state index contributed by atoms with van der Waals surface area (Å²) in [4.78, 5) is 14.1. The number of hydrogen-bond donors (Lipinski definition) is 1. The fourth-order valence-electron chi connectivity index (χ4n) is 3.28. The van der Waals surface area contributed by atoms with Gasteiger partial charge in [-0.25, -0.2) is 0 Å². The maximum atomic E-state index is 12.7. The molecular formula is C16H19F3N2O. The molecule has 1 fully saturated rings. The summed E-state index contributed by atoms with van der Waals surface area (Å²) in [6, 6.07) is 3.67. The van der Waals surface area contributed by atoms with Crippen LogP contribution in [-0.2, 0) is 17.4 Å². The molecule has 22 heavy (non-hydrogen) atoms. The summed E-state index contributed by atoms with van der Waals surface area (Å²) in [5.74, 6) is 0.414. The number of rotatable bonds is 2. The molecular weight excluding hydrogens is 293 g/mol. The Labute approximate surface area is 127 Å². The van der Waals surface area contributed by atoms with Crippen molar-refractivity contribution in [3.63, 3.8) is 0 Å². The van der Waals surface area contributed by atoms with Gasteiger partial charge in [-0.05, 0) is 62.0 Å². The van der Waals surface area contributed by atoms with Gasteiger partial charge in [0.25, 0.3) is 0 Å². The van der Waals surface area contributed by atoms with E-state index in [0.29, 0.717) is 36.6 Å². The van der Waals surface area contributed by atoms with Crippen LogP contribution in [0.15, 0.2) is 18.2 Å².